The molecule has 0 atom stereocenters. The maximum atomic E-state index is 4.75. The minimum absolute atomic E-state index is 1.71. The van der Waals surface area contributed by atoms with E-state index in [1.54, 1.807) is 6.92 Å². The van der Waals surface area contributed by atoms with Crippen molar-refractivity contribution in [2.24, 2.45) is 5.73 Å². The average Bonchev–Trinajstić information content (AvgIpc) is 1.61. The smallest absolute Gasteiger partial charge is 0.0159 e. The van der Waals surface area contributed by atoms with Crippen molar-refractivity contribution < 1.29 is 0 Å². The van der Waals surface area contributed by atoms with Crippen LogP contribution in [0.25, 0.3) is 0 Å². The standard InChI is InChI=1S/C5H5N/c1-2-3-4-5-6/h6H2,1H3. The summed E-state index contributed by atoms with van der Waals surface area (Å²) in [4.78, 5) is 0. The van der Waals surface area contributed by atoms with Gasteiger partial charge in [-0.3, -0.25) is 0 Å². The van der Waals surface area contributed by atoms with E-state index in [1.807, 2.05) is 0 Å². The zero-order chi connectivity index (χ0) is 4.83. The monoisotopic (exact) mass is 79.0 g/mol. The summed E-state index contributed by atoms with van der Waals surface area (Å²) in [7, 11) is 0. The molecule has 0 aliphatic carbocycles. The van der Waals surface area contributed by atoms with Crippen LogP contribution in [-0.2, 0) is 0 Å². The minimum Gasteiger partial charge on any atom is -0.359 e. The fraction of sp³-hybridized carbons (Fsp3) is 0.200. The molecule has 1 heteroatoms. The summed E-state index contributed by atoms with van der Waals surface area (Å²) in [5.74, 6) is 7.39. The summed E-state index contributed by atoms with van der Waals surface area (Å²) >= 11 is 0. The first-order chi connectivity index (χ1) is 2.91. The van der Waals surface area contributed by atoms with Gasteiger partial charge in [0.15, 0.2) is 0 Å². The van der Waals surface area contributed by atoms with E-state index in [1.165, 1.54) is 0 Å². The Labute approximate surface area is 37.5 Å². The Morgan fingerprint density at radius 1 is 1.33 bits per heavy atom. The van der Waals surface area contributed by atoms with E-state index < -0.39 is 0 Å². The van der Waals surface area contributed by atoms with Crippen LogP contribution in [0.3, 0.4) is 0 Å². The molecule has 30 valence electrons. The van der Waals surface area contributed by atoms with Gasteiger partial charge in [-0.25, -0.2) is 0 Å². The number of rotatable bonds is 0. The lowest BCUT2D eigenvalue weighted by molar-refractivity contribution is 1.74. The summed E-state index contributed by atoms with van der Waals surface area (Å²) < 4.78 is 0. The van der Waals surface area contributed by atoms with E-state index in [4.69, 9.17) is 5.73 Å². The SMILES string of the molecule is CC#CC#CN. The number of nitrogens with two attached hydrogens (primary N) is 1. The van der Waals surface area contributed by atoms with Crippen molar-refractivity contribution in [3.63, 3.8) is 0 Å². The highest BCUT2D eigenvalue weighted by Crippen LogP contribution is 1.43. The van der Waals surface area contributed by atoms with Gasteiger partial charge in [-0.15, -0.1) is 0 Å². The van der Waals surface area contributed by atoms with Gasteiger partial charge in [-0.2, -0.15) is 0 Å². The summed E-state index contributed by atoms with van der Waals surface area (Å²) in [5, 5.41) is 0. The normalized spacial score (nSPS) is 3.50. The molecule has 0 aromatic carbocycles. The van der Waals surface area contributed by atoms with E-state index >= 15 is 0 Å². The molecule has 0 aromatic rings. The summed E-state index contributed by atoms with van der Waals surface area (Å²) in [6.07, 6.45) is 0. The van der Waals surface area contributed by atoms with Gasteiger partial charge in [0, 0.05) is 12.0 Å². The Bertz CT molecular complexity index is 107. The Kier molecular flexibility index (Phi) is 3.21. The van der Waals surface area contributed by atoms with Gasteiger partial charge in [0.1, 0.15) is 0 Å². The minimum atomic E-state index is 1.71. The van der Waals surface area contributed by atoms with Crippen molar-refractivity contribution in [1.29, 1.82) is 0 Å². The van der Waals surface area contributed by atoms with Gasteiger partial charge < -0.3 is 5.73 Å². The van der Waals surface area contributed by atoms with Crippen LogP contribution in [0.4, 0.5) is 0 Å². The third-order valence-corrected chi connectivity index (χ3v) is 0.260. The molecule has 1 nitrogen and oxygen atoms in total. The molecule has 0 saturated carbocycles. The van der Waals surface area contributed by atoms with E-state index in [0.29, 0.717) is 0 Å². The van der Waals surface area contributed by atoms with Crippen molar-refractivity contribution in [3.05, 3.63) is 0 Å². The van der Waals surface area contributed by atoms with Gasteiger partial charge in [-0.1, -0.05) is 5.92 Å². The first kappa shape index (κ1) is 4.92. The molecular weight excluding hydrogens is 74.1 g/mol. The molecule has 0 saturated heterocycles. The molecule has 0 aliphatic rings. The van der Waals surface area contributed by atoms with Crippen molar-refractivity contribution in [1.82, 2.24) is 0 Å². The second kappa shape index (κ2) is 3.92. The molecule has 0 spiro atoms. The highest BCUT2D eigenvalue weighted by molar-refractivity contribution is 5.23. The maximum Gasteiger partial charge on any atom is 0.0159 e. The molecule has 0 radical (unpaired) electrons. The van der Waals surface area contributed by atoms with Gasteiger partial charge in [0.05, 0.1) is 0 Å². The van der Waals surface area contributed by atoms with Gasteiger partial charge in [-0.05, 0) is 12.8 Å². The molecule has 2 N–H and O–H groups in total. The van der Waals surface area contributed by atoms with E-state index in [2.05, 4.69) is 23.8 Å². The van der Waals surface area contributed by atoms with Crippen molar-refractivity contribution >= 4 is 0 Å². The van der Waals surface area contributed by atoms with Crippen LogP contribution < -0.4 is 5.73 Å². The zero-order valence-electron chi connectivity index (χ0n) is 3.58. The molecule has 0 aliphatic heterocycles. The van der Waals surface area contributed by atoms with Crippen molar-refractivity contribution in [2.75, 3.05) is 0 Å². The third-order valence-electron chi connectivity index (χ3n) is 0.260. The predicted molar refractivity (Wildman–Crippen MR) is 25.4 cm³/mol. The summed E-state index contributed by atoms with van der Waals surface area (Å²) in [5.41, 5.74) is 4.75. The lowest BCUT2D eigenvalue weighted by Crippen LogP contribution is -1.73. The van der Waals surface area contributed by atoms with Gasteiger partial charge >= 0.3 is 0 Å². The topological polar surface area (TPSA) is 26.0 Å². The van der Waals surface area contributed by atoms with Crippen LogP contribution in [0.1, 0.15) is 6.92 Å². The van der Waals surface area contributed by atoms with Crippen molar-refractivity contribution in [2.45, 2.75) is 6.92 Å². The first-order valence-corrected chi connectivity index (χ1v) is 1.54. The molecule has 0 heterocycles. The lowest BCUT2D eigenvalue weighted by atomic mass is 10.6. The zero-order valence-corrected chi connectivity index (χ0v) is 3.58. The molecule has 0 bridgehead atoms. The number of hydrogen-bond acceptors (Lipinski definition) is 1. The molecule has 0 amide bonds. The van der Waals surface area contributed by atoms with Gasteiger partial charge in [0.25, 0.3) is 0 Å². The highest BCUT2D eigenvalue weighted by atomic mass is 14.4. The molecule has 0 unspecified atom stereocenters. The van der Waals surface area contributed by atoms with Crippen LogP contribution in [0.5, 0.6) is 0 Å². The molecule has 6 heavy (non-hydrogen) atoms. The third kappa shape index (κ3) is 2.92. The number of hydrogen-bond donors (Lipinski definition) is 1. The maximum absolute atomic E-state index is 4.75. The van der Waals surface area contributed by atoms with E-state index in [-0.39, 0.29) is 0 Å². The average molecular weight is 79.1 g/mol. The second-order valence-electron chi connectivity index (χ2n) is 0.644. The van der Waals surface area contributed by atoms with Crippen LogP contribution in [0.2, 0.25) is 0 Å². The molecular formula is C5H5N. The first-order valence-electron chi connectivity index (χ1n) is 1.54. The molecule has 0 fully saturated rings. The van der Waals surface area contributed by atoms with Crippen LogP contribution >= 0.6 is 0 Å². The molecule has 0 rings (SSSR count). The fourth-order valence-electron chi connectivity index (χ4n) is 0.0986. The highest BCUT2D eigenvalue weighted by Gasteiger charge is 1.41. The second-order valence-corrected chi connectivity index (χ2v) is 0.644. The Morgan fingerprint density at radius 3 is 2.17 bits per heavy atom. The fourth-order valence-corrected chi connectivity index (χ4v) is 0.0986. The van der Waals surface area contributed by atoms with Gasteiger partial charge in [0.2, 0.25) is 0 Å². The Morgan fingerprint density at radius 2 is 2.00 bits per heavy atom. The lowest BCUT2D eigenvalue weighted by Gasteiger charge is -1.49. The van der Waals surface area contributed by atoms with Crippen LogP contribution in [0, 0.1) is 23.8 Å². The largest absolute Gasteiger partial charge is 0.359 e. The predicted octanol–water partition coefficient (Wildman–Crippen LogP) is -0.0707. The molecule has 0 aromatic heterocycles. The van der Waals surface area contributed by atoms with E-state index in [0.717, 1.165) is 0 Å². The summed E-state index contributed by atoms with van der Waals surface area (Å²) in [6.45, 7) is 1.71. The van der Waals surface area contributed by atoms with E-state index in [9.17, 15) is 0 Å². The van der Waals surface area contributed by atoms with Crippen LogP contribution in [-0.4, -0.2) is 0 Å². The Balaban J connectivity index is 3.43. The van der Waals surface area contributed by atoms with Crippen molar-refractivity contribution in [3.8, 4) is 23.8 Å². The summed E-state index contributed by atoms with van der Waals surface area (Å²) in [6, 6.07) is 2.14. The Hall–Kier alpha value is -1.08. The quantitative estimate of drug-likeness (QED) is 0.319. The van der Waals surface area contributed by atoms with Crippen LogP contribution in [0.15, 0.2) is 0 Å².